The minimum Gasteiger partial charge on any atom is -0.478 e. The maximum Gasteiger partial charge on any atom is 0.335 e. The van der Waals surface area contributed by atoms with Crippen LogP contribution in [0.3, 0.4) is 0 Å². The third-order valence-corrected chi connectivity index (χ3v) is 3.37. The number of hydrogen-bond donors (Lipinski definition) is 4. The van der Waals surface area contributed by atoms with Gasteiger partial charge >= 0.3 is 23.9 Å². The minimum absolute atomic E-state index is 0.227. The number of benzene rings is 2. The monoisotopic (exact) mass is 356 g/mol. The quantitative estimate of drug-likeness (QED) is 0.577. The van der Waals surface area contributed by atoms with Crippen LogP contribution in [0.1, 0.15) is 52.6 Å². The second-order valence-electron chi connectivity index (χ2n) is 5.24. The fourth-order valence-electron chi connectivity index (χ4n) is 2.18. The second-order valence-corrected chi connectivity index (χ2v) is 5.24. The Morgan fingerprint density at radius 2 is 0.731 bits per heavy atom. The average Bonchev–Trinajstić information content (AvgIpc) is 2.59. The van der Waals surface area contributed by atoms with Crippen LogP contribution >= 0.6 is 0 Å². The van der Waals surface area contributed by atoms with E-state index >= 15 is 0 Å². The van der Waals surface area contributed by atoms with Crippen molar-refractivity contribution in [2.24, 2.45) is 0 Å². The molecule has 132 valence electrons. The summed E-state index contributed by atoms with van der Waals surface area (Å²) in [5.41, 5.74) is -0.407. The molecule has 8 nitrogen and oxygen atoms in total. The van der Waals surface area contributed by atoms with Crippen LogP contribution in [0.4, 0.5) is 0 Å². The maximum absolute atomic E-state index is 11.1. The van der Waals surface area contributed by atoms with Gasteiger partial charge in [-0.25, -0.2) is 19.2 Å². The normalized spacial score (nSPS) is 10.6. The van der Waals surface area contributed by atoms with Crippen LogP contribution in [0.2, 0.25) is 0 Å². The molecule has 0 aliphatic heterocycles. The Hall–Kier alpha value is -3.94. The first-order valence-electron chi connectivity index (χ1n) is 7.09. The van der Waals surface area contributed by atoms with Crippen molar-refractivity contribution in [2.45, 2.75) is 0 Å². The smallest absolute Gasteiger partial charge is 0.335 e. The summed E-state index contributed by atoms with van der Waals surface area (Å²) in [7, 11) is 0. The van der Waals surface area contributed by atoms with E-state index in [2.05, 4.69) is 0 Å². The van der Waals surface area contributed by atoms with E-state index in [1.165, 1.54) is 36.4 Å². The highest BCUT2D eigenvalue weighted by Gasteiger charge is 2.12. The van der Waals surface area contributed by atoms with Crippen LogP contribution in [0, 0.1) is 0 Å². The molecule has 0 heterocycles. The summed E-state index contributed by atoms with van der Waals surface area (Å²) in [6, 6.07) is 6.98. The zero-order valence-corrected chi connectivity index (χ0v) is 13.0. The lowest BCUT2D eigenvalue weighted by Crippen LogP contribution is -2.03. The highest BCUT2D eigenvalue weighted by atomic mass is 16.4. The molecule has 0 aromatic heterocycles. The van der Waals surface area contributed by atoms with E-state index in [0.717, 1.165) is 12.1 Å². The van der Waals surface area contributed by atoms with E-state index in [1.54, 1.807) is 0 Å². The molecule has 26 heavy (non-hydrogen) atoms. The zero-order valence-electron chi connectivity index (χ0n) is 13.0. The predicted octanol–water partition coefficient (Wildman–Crippen LogP) is 2.65. The molecule has 2 rings (SSSR count). The molecule has 0 fully saturated rings. The molecule has 0 aliphatic rings. The number of hydrogen-bond acceptors (Lipinski definition) is 4. The molecular weight excluding hydrogens is 344 g/mol. The van der Waals surface area contributed by atoms with Crippen LogP contribution in [-0.4, -0.2) is 44.3 Å². The van der Waals surface area contributed by atoms with E-state index in [9.17, 15) is 19.2 Å². The lowest BCUT2D eigenvalue weighted by Gasteiger charge is -2.03. The summed E-state index contributed by atoms with van der Waals surface area (Å²) in [5, 5.41) is 36.2. The Kier molecular flexibility index (Phi) is 5.17. The second kappa shape index (κ2) is 7.31. The van der Waals surface area contributed by atoms with Gasteiger partial charge in [-0.15, -0.1) is 0 Å². The summed E-state index contributed by atoms with van der Waals surface area (Å²) in [4.78, 5) is 44.4. The summed E-state index contributed by atoms with van der Waals surface area (Å²) in [6.45, 7) is 0. The van der Waals surface area contributed by atoms with Crippen LogP contribution in [0.15, 0.2) is 36.4 Å². The van der Waals surface area contributed by atoms with Gasteiger partial charge < -0.3 is 20.4 Å². The minimum atomic E-state index is -1.30. The first kappa shape index (κ1) is 18.4. The molecule has 0 aliphatic carbocycles. The summed E-state index contributed by atoms with van der Waals surface area (Å²) < 4.78 is 0. The van der Waals surface area contributed by atoms with Gasteiger partial charge in [0.2, 0.25) is 0 Å². The van der Waals surface area contributed by atoms with Gasteiger partial charge in [0.15, 0.2) is 0 Å². The fraction of sp³-hybridized carbons (Fsp3) is 0. The molecule has 0 bridgehead atoms. The Morgan fingerprint density at radius 1 is 0.500 bits per heavy atom. The van der Waals surface area contributed by atoms with Crippen molar-refractivity contribution >= 4 is 36.0 Å². The van der Waals surface area contributed by atoms with Crippen LogP contribution < -0.4 is 0 Å². The molecule has 2 aromatic carbocycles. The molecule has 0 atom stereocenters. The van der Waals surface area contributed by atoms with Crippen molar-refractivity contribution in [3.8, 4) is 0 Å². The van der Waals surface area contributed by atoms with Gasteiger partial charge in [0.25, 0.3) is 0 Å². The van der Waals surface area contributed by atoms with Crippen LogP contribution in [0.25, 0.3) is 12.2 Å². The molecular formula is C18H12O8. The highest BCUT2D eigenvalue weighted by molar-refractivity contribution is 5.96. The van der Waals surface area contributed by atoms with Crippen molar-refractivity contribution in [1.82, 2.24) is 0 Å². The number of aromatic carboxylic acids is 4. The van der Waals surface area contributed by atoms with Gasteiger partial charge in [0.05, 0.1) is 22.3 Å². The van der Waals surface area contributed by atoms with Gasteiger partial charge in [-0.3, -0.25) is 0 Å². The summed E-state index contributed by atoms with van der Waals surface area (Å²) >= 11 is 0. The SMILES string of the molecule is O=C(O)c1cc(/C=C/c2cc(C(=O)O)cc(C(=O)O)c2)cc(C(=O)O)c1. The predicted molar refractivity (Wildman–Crippen MR) is 89.6 cm³/mol. The number of carboxylic acid groups (broad SMARTS) is 4. The molecule has 0 unspecified atom stereocenters. The van der Waals surface area contributed by atoms with Gasteiger partial charge in [0, 0.05) is 0 Å². The largest absolute Gasteiger partial charge is 0.478 e. The molecule has 0 saturated carbocycles. The van der Waals surface area contributed by atoms with Gasteiger partial charge in [-0.1, -0.05) is 12.2 Å². The van der Waals surface area contributed by atoms with Gasteiger partial charge in [0.1, 0.15) is 0 Å². The maximum atomic E-state index is 11.1. The van der Waals surface area contributed by atoms with Crippen molar-refractivity contribution in [3.63, 3.8) is 0 Å². The first-order chi connectivity index (χ1) is 12.2. The van der Waals surface area contributed by atoms with Crippen LogP contribution in [-0.2, 0) is 0 Å². The topological polar surface area (TPSA) is 149 Å². The third-order valence-electron chi connectivity index (χ3n) is 3.37. The standard InChI is InChI=1S/C18H12O8/c19-15(20)11-3-9(4-12(7-11)16(21)22)1-2-10-5-13(17(23)24)8-14(6-10)18(25)26/h1-8H,(H,19,20)(H,21,22)(H,23,24)(H,25,26)/b2-1+. The third kappa shape index (κ3) is 4.32. The van der Waals surface area contributed by atoms with E-state index < -0.39 is 23.9 Å². The molecule has 8 heteroatoms. The average molecular weight is 356 g/mol. The highest BCUT2D eigenvalue weighted by Crippen LogP contribution is 2.17. The molecule has 4 N–H and O–H groups in total. The number of carbonyl (C=O) groups is 4. The molecule has 0 amide bonds. The summed E-state index contributed by atoms with van der Waals surface area (Å²) in [5.74, 6) is -5.21. The molecule has 0 radical (unpaired) electrons. The van der Waals surface area contributed by atoms with Crippen molar-refractivity contribution < 1.29 is 39.6 Å². The van der Waals surface area contributed by atoms with E-state index in [-0.39, 0.29) is 33.4 Å². The fourth-order valence-corrected chi connectivity index (χ4v) is 2.18. The van der Waals surface area contributed by atoms with E-state index in [1.807, 2.05) is 0 Å². The molecule has 0 saturated heterocycles. The van der Waals surface area contributed by atoms with Gasteiger partial charge in [-0.05, 0) is 47.5 Å². The Balaban J connectivity index is 2.49. The Labute approximate surface area is 146 Å². The summed E-state index contributed by atoms with van der Waals surface area (Å²) in [6.07, 6.45) is 2.73. The number of rotatable bonds is 6. The van der Waals surface area contributed by atoms with E-state index in [4.69, 9.17) is 20.4 Å². The Bertz CT molecular complexity index is 814. The molecule has 0 spiro atoms. The lowest BCUT2D eigenvalue weighted by molar-refractivity contribution is 0.0676. The van der Waals surface area contributed by atoms with Crippen molar-refractivity contribution in [2.75, 3.05) is 0 Å². The van der Waals surface area contributed by atoms with Crippen LogP contribution in [0.5, 0.6) is 0 Å². The molecule has 2 aromatic rings. The lowest BCUT2D eigenvalue weighted by atomic mass is 10.0. The van der Waals surface area contributed by atoms with E-state index in [0.29, 0.717) is 0 Å². The number of carboxylic acids is 4. The first-order valence-corrected chi connectivity index (χ1v) is 7.09. The van der Waals surface area contributed by atoms with Crippen molar-refractivity contribution in [3.05, 3.63) is 69.8 Å². The van der Waals surface area contributed by atoms with Gasteiger partial charge in [-0.2, -0.15) is 0 Å². The zero-order chi connectivity index (χ0) is 19.4. The van der Waals surface area contributed by atoms with Crippen molar-refractivity contribution in [1.29, 1.82) is 0 Å². The Morgan fingerprint density at radius 3 is 0.923 bits per heavy atom.